The van der Waals surface area contributed by atoms with E-state index >= 15 is 0 Å². The first-order valence-corrected chi connectivity index (χ1v) is 4.97. The fraction of sp³-hybridized carbons (Fsp3) is 0.200. The number of benzene rings is 1. The molecule has 0 unspecified atom stereocenters. The van der Waals surface area contributed by atoms with Crippen molar-refractivity contribution in [2.45, 2.75) is 6.42 Å². The van der Waals surface area contributed by atoms with Crippen LogP contribution in [0.1, 0.15) is 5.56 Å². The van der Waals surface area contributed by atoms with Crippen LogP contribution in [0.4, 0.5) is 0 Å². The van der Waals surface area contributed by atoms with Gasteiger partial charge in [0, 0.05) is 5.39 Å². The molecule has 2 nitrogen and oxygen atoms in total. The number of nitrogens with two attached hydrogens (primary N) is 1. The molecular formula is C10H10BrNO. The lowest BCUT2D eigenvalue weighted by Gasteiger charge is -1.94. The highest BCUT2D eigenvalue weighted by atomic mass is 79.9. The third-order valence-electron chi connectivity index (χ3n) is 2.05. The van der Waals surface area contributed by atoms with E-state index in [9.17, 15) is 0 Å². The van der Waals surface area contributed by atoms with Gasteiger partial charge in [0.2, 0.25) is 0 Å². The van der Waals surface area contributed by atoms with Crippen LogP contribution < -0.4 is 5.73 Å². The molecule has 0 amide bonds. The first-order chi connectivity index (χ1) is 6.33. The number of para-hydroxylation sites is 1. The van der Waals surface area contributed by atoms with Crippen molar-refractivity contribution in [3.8, 4) is 0 Å². The topological polar surface area (TPSA) is 39.2 Å². The summed E-state index contributed by atoms with van der Waals surface area (Å²) in [4.78, 5) is 0. The molecule has 2 aromatic rings. The SMILES string of the molecule is NCCc1coc2c(Br)cccc12. The lowest BCUT2D eigenvalue weighted by atomic mass is 10.1. The largest absolute Gasteiger partial charge is 0.463 e. The molecule has 0 aliphatic heterocycles. The van der Waals surface area contributed by atoms with Crippen molar-refractivity contribution in [1.82, 2.24) is 0 Å². The number of furan rings is 1. The minimum atomic E-state index is 0.654. The van der Waals surface area contributed by atoms with E-state index in [4.69, 9.17) is 10.2 Å². The molecule has 0 aliphatic rings. The number of fused-ring (bicyclic) bond motifs is 1. The first kappa shape index (κ1) is 8.78. The third-order valence-corrected chi connectivity index (χ3v) is 2.67. The monoisotopic (exact) mass is 239 g/mol. The molecule has 0 saturated carbocycles. The van der Waals surface area contributed by atoms with Crippen LogP contribution in [0.15, 0.2) is 33.4 Å². The van der Waals surface area contributed by atoms with Crippen molar-refractivity contribution >= 4 is 26.9 Å². The first-order valence-electron chi connectivity index (χ1n) is 4.17. The second kappa shape index (κ2) is 3.52. The Morgan fingerprint density at radius 1 is 1.38 bits per heavy atom. The highest BCUT2D eigenvalue weighted by Gasteiger charge is 2.06. The van der Waals surface area contributed by atoms with E-state index in [1.165, 1.54) is 5.56 Å². The van der Waals surface area contributed by atoms with Crippen LogP contribution in [0, 0.1) is 0 Å². The van der Waals surface area contributed by atoms with Gasteiger partial charge in [0.25, 0.3) is 0 Å². The average Bonchev–Trinajstić information content (AvgIpc) is 2.51. The molecule has 0 spiro atoms. The van der Waals surface area contributed by atoms with Gasteiger partial charge in [-0.05, 0) is 40.5 Å². The molecule has 0 fully saturated rings. The zero-order valence-electron chi connectivity index (χ0n) is 7.09. The van der Waals surface area contributed by atoms with Crippen LogP contribution in [0.5, 0.6) is 0 Å². The Hall–Kier alpha value is -0.800. The molecule has 1 heterocycles. The van der Waals surface area contributed by atoms with Gasteiger partial charge in [0.05, 0.1) is 10.7 Å². The summed E-state index contributed by atoms with van der Waals surface area (Å²) < 4.78 is 6.42. The van der Waals surface area contributed by atoms with Crippen LogP contribution >= 0.6 is 15.9 Å². The number of hydrogen-bond acceptors (Lipinski definition) is 2. The van der Waals surface area contributed by atoms with E-state index in [0.29, 0.717) is 6.54 Å². The standard InChI is InChI=1S/C10H10BrNO/c11-9-3-1-2-8-7(4-5-12)6-13-10(8)9/h1-3,6H,4-5,12H2. The summed E-state index contributed by atoms with van der Waals surface area (Å²) in [5.74, 6) is 0. The van der Waals surface area contributed by atoms with E-state index in [2.05, 4.69) is 22.0 Å². The molecule has 0 atom stereocenters. The van der Waals surface area contributed by atoms with Crippen LogP contribution in [-0.4, -0.2) is 6.54 Å². The number of hydrogen-bond donors (Lipinski definition) is 1. The molecule has 1 aromatic carbocycles. The van der Waals surface area contributed by atoms with E-state index < -0.39 is 0 Å². The Morgan fingerprint density at radius 3 is 3.00 bits per heavy atom. The minimum Gasteiger partial charge on any atom is -0.463 e. The van der Waals surface area contributed by atoms with Gasteiger partial charge in [0.15, 0.2) is 0 Å². The van der Waals surface area contributed by atoms with Crippen LogP contribution in [-0.2, 0) is 6.42 Å². The second-order valence-electron chi connectivity index (χ2n) is 2.92. The molecule has 0 aliphatic carbocycles. The maximum Gasteiger partial charge on any atom is 0.148 e. The Kier molecular flexibility index (Phi) is 2.38. The molecule has 68 valence electrons. The zero-order chi connectivity index (χ0) is 9.26. The Morgan fingerprint density at radius 2 is 2.23 bits per heavy atom. The minimum absolute atomic E-state index is 0.654. The number of rotatable bonds is 2. The van der Waals surface area contributed by atoms with Crippen LogP contribution in [0.3, 0.4) is 0 Å². The Bertz CT molecular complexity index is 422. The van der Waals surface area contributed by atoms with Gasteiger partial charge in [-0.3, -0.25) is 0 Å². The summed E-state index contributed by atoms with van der Waals surface area (Å²) in [6, 6.07) is 6.02. The highest BCUT2D eigenvalue weighted by Crippen LogP contribution is 2.27. The Labute approximate surface area is 84.8 Å². The normalized spacial score (nSPS) is 10.9. The molecular weight excluding hydrogens is 230 g/mol. The van der Waals surface area contributed by atoms with Crippen molar-refractivity contribution in [3.05, 3.63) is 34.5 Å². The second-order valence-corrected chi connectivity index (χ2v) is 3.77. The van der Waals surface area contributed by atoms with Crippen LogP contribution in [0.25, 0.3) is 11.0 Å². The smallest absolute Gasteiger partial charge is 0.148 e. The van der Waals surface area contributed by atoms with Crippen LogP contribution in [0.2, 0.25) is 0 Å². The molecule has 13 heavy (non-hydrogen) atoms. The summed E-state index contributed by atoms with van der Waals surface area (Å²) in [5, 5.41) is 1.15. The van der Waals surface area contributed by atoms with Crippen molar-refractivity contribution in [1.29, 1.82) is 0 Å². The summed E-state index contributed by atoms with van der Waals surface area (Å²) >= 11 is 3.44. The zero-order valence-corrected chi connectivity index (χ0v) is 8.67. The van der Waals surface area contributed by atoms with Gasteiger partial charge in [-0.15, -0.1) is 0 Å². The molecule has 1 aromatic heterocycles. The van der Waals surface area contributed by atoms with Crippen molar-refractivity contribution in [2.75, 3.05) is 6.54 Å². The lowest BCUT2D eigenvalue weighted by molar-refractivity contribution is 0.608. The Balaban J connectivity index is 2.61. The van der Waals surface area contributed by atoms with Gasteiger partial charge in [-0.1, -0.05) is 12.1 Å². The van der Waals surface area contributed by atoms with E-state index in [0.717, 1.165) is 21.9 Å². The quantitative estimate of drug-likeness (QED) is 0.876. The average molecular weight is 240 g/mol. The third kappa shape index (κ3) is 1.49. The van der Waals surface area contributed by atoms with Gasteiger partial charge >= 0.3 is 0 Å². The van der Waals surface area contributed by atoms with Crippen molar-refractivity contribution in [3.63, 3.8) is 0 Å². The van der Waals surface area contributed by atoms with E-state index in [1.54, 1.807) is 6.26 Å². The van der Waals surface area contributed by atoms with Crippen molar-refractivity contribution < 1.29 is 4.42 Å². The predicted molar refractivity (Wildman–Crippen MR) is 56.7 cm³/mol. The predicted octanol–water partition coefficient (Wildman–Crippen LogP) is 2.70. The highest BCUT2D eigenvalue weighted by molar-refractivity contribution is 9.10. The van der Waals surface area contributed by atoms with Gasteiger partial charge in [-0.25, -0.2) is 0 Å². The maximum atomic E-state index is 5.50. The van der Waals surface area contributed by atoms with Gasteiger partial charge in [0.1, 0.15) is 5.58 Å². The molecule has 3 heteroatoms. The fourth-order valence-corrected chi connectivity index (χ4v) is 1.88. The molecule has 2 N–H and O–H groups in total. The summed E-state index contributed by atoms with van der Waals surface area (Å²) in [6.07, 6.45) is 2.64. The van der Waals surface area contributed by atoms with Gasteiger partial charge in [-0.2, -0.15) is 0 Å². The van der Waals surface area contributed by atoms with E-state index in [1.807, 2.05) is 12.1 Å². The van der Waals surface area contributed by atoms with Gasteiger partial charge < -0.3 is 10.2 Å². The molecule has 0 saturated heterocycles. The van der Waals surface area contributed by atoms with Crippen molar-refractivity contribution in [2.24, 2.45) is 5.73 Å². The summed E-state index contributed by atoms with van der Waals surface area (Å²) in [5.41, 5.74) is 7.58. The number of halogens is 1. The summed E-state index contributed by atoms with van der Waals surface area (Å²) in [7, 11) is 0. The lowest BCUT2D eigenvalue weighted by Crippen LogP contribution is -2.01. The molecule has 2 rings (SSSR count). The molecule has 0 radical (unpaired) electrons. The molecule has 0 bridgehead atoms. The fourth-order valence-electron chi connectivity index (χ4n) is 1.42. The van der Waals surface area contributed by atoms with E-state index in [-0.39, 0.29) is 0 Å². The summed E-state index contributed by atoms with van der Waals surface area (Å²) in [6.45, 7) is 0.654. The maximum absolute atomic E-state index is 5.50.